The van der Waals surface area contributed by atoms with Crippen molar-refractivity contribution in [2.24, 2.45) is 5.92 Å². The summed E-state index contributed by atoms with van der Waals surface area (Å²) >= 11 is 0. The molecule has 0 radical (unpaired) electrons. The SMILES string of the molecule is CC(C)CCN(C(=O)CCc1ccccc1N)C1CC1.Cl. The highest BCUT2D eigenvalue weighted by Crippen LogP contribution is 2.28. The maximum atomic E-state index is 12.4. The van der Waals surface area contributed by atoms with Crippen LogP contribution in [0.15, 0.2) is 24.3 Å². The maximum absolute atomic E-state index is 12.4. The van der Waals surface area contributed by atoms with Gasteiger partial charge in [-0.2, -0.15) is 0 Å². The Morgan fingerprint density at radius 1 is 1.33 bits per heavy atom. The monoisotopic (exact) mass is 310 g/mol. The van der Waals surface area contributed by atoms with Gasteiger partial charge in [0.05, 0.1) is 0 Å². The summed E-state index contributed by atoms with van der Waals surface area (Å²) in [6.45, 7) is 5.33. The van der Waals surface area contributed by atoms with Gasteiger partial charge in [-0.15, -0.1) is 12.4 Å². The summed E-state index contributed by atoms with van der Waals surface area (Å²) in [4.78, 5) is 14.5. The van der Waals surface area contributed by atoms with Crippen LogP contribution in [0.25, 0.3) is 0 Å². The highest BCUT2D eigenvalue weighted by atomic mass is 35.5. The Labute approximate surface area is 134 Å². The van der Waals surface area contributed by atoms with Gasteiger partial charge >= 0.3 is 0 Å². The molecule has 0 spiro atoms. The van der Waals surface area contributed by atoms with Crippen molar-refractivity contribution in [3.05, 3.63) is 29.8 Å². The zero-order valence-electron chi connectivity index (χ0n) is 13.0. The quantitative estimate of drug-likeness (QED) is 0.781. The summed E-state index contributed by atoms with van der Waals surface area (Å²) in [6.07, 6.45) is 4.77. The van der Waals surface area contributed by atoms with Crippen molar-refractivity contribution in [3.63, 3.8) is 0 Å². The molecule has 1 aromatic carbocycles. The molecule has 1 saturated carbocycles. The van der Waals surface area contributed by atoms with Crippen LogP contribution in [-0.2, 0) is 11.2 Å². The lowest BCUT2D eigenvalue weighted by atomic mass is 10.1. The molecule has 0 atom stereocenters. The third-order valence-corrected chi connectivity index (χ3v) is 3.92. The third-order valence-electron chi connectivity index (χ3n) is 3.92. The molecule has 4 heteroatoms. The van der Waals surface area contributed by atoms with Gasteiger partial charge in [-0.1, -0.05) is 32.0 Å². The molecule has 21 heavy (non-hydrogen) atoms. The van der Waals surface area contributed by atoms with E-state index in [0.29, 0.717) is 18.4 Å². The van der Waals surface area contributed by atoms with Crippen molar-refractivity contribution in [3.8, 4) is 0 Å². The van der Waals surface area contributed by atoms with Crippen LogP contribution in [0, 0.1) is 5.92 Å². The van der Waals surface area contributed by atoms with Crippen molar-refractivity contribution in [2.45, 2.75) is 52.0 Å². The summed E-state index contributed by atoms with van der Waals surface area (Å²) in [5.74, 6) is 0.935. The second-order valence-corrected chi connectivity index (χ2v) is 6.20. The molecule has 2 rings (SSSR count). The number of hydrogen-bond acceptors (Lipinski definition) is 2. The minimum Gasteiger partial charge on any atom is -0.399 e. The van der Waals surface area contributed by atoms with E-state index in [1.165, 1.54) is 12.8 Å². The Balaban J connectivity index is 0.00000220. The molecule has 118 valence electrons. The Morgan fingerprint density at radius 3 is 2.57 bits per heavy atom. The molecular formula is C17H27ClN2O. The van der Waals surface area contributed by atoms with E-state index in [0.717, 1.165) is 30.6 Å². The number of hydrogen-bond donors (Lipinski definition) is 1. The molecular weight excluding hydrogens is 284 g/mol. The van der Waals surface area contributed by atoms with Crippen LogP contribution < -0.4 is 5.73 Å². The molecule has 2 N–H and O–H groups in total. The number of para-hydroxylation sites is 1. The largest absolute Gasteiger partial charge is 0.399 e. The number of halogens is 1. The molecule has 1 fully saturated rings. The van der Waals surface area contributed by atoms with Crippen molar-refractivity contribution in [2.75, 3.05) is 12.3 Å². The molecule has 3 nitrogen and oxygen atoms in total. The van der Waals surface area contributed by atoms with Gasteiger partial charge in [0.15, 0.2) is 0 Å². The zero-order chi connectivity index (χ0) is 14.5. The minimum atomic E-state index is 0. The smallest absolute Gasteiger partial charge is 0.223 e. The fourth-order valence-corrected chi connectivity index (χ4v) is 2.44. The van der Waals surface area contributed by atoms with Gasteiger partial charge in [-0.05, 0) is 43.2 Å². The topological polar surface area (TPSA) is 46.3 Å². The molecule has 1 aliphatic carbocycles. The van der Waals surface area contributed by atoms with Crippen LogP contribution >= 0.6 is 12.4 Å². The standard InChI is InChI=1S/C17H26N2O.ClH/c1-13(2)11-12-19(15-8-9-15)17(20)10-7-14-5-3-4-6-16(14)18;/h3-6,13,15H,7-12,18H2,1-2H3;1H. The lowest BCUT2D eigenvalue weighted by molar-refractivity contribution is -0.131. The highest BCUT2D eigenvalue weighted by Gasteiger charge is 2.31. The van der Waals surface area contributed by atoms with Crippen LogP contribution in [0.4, 0.5) is 5.69 Å². The first-order valence-electron chi connectivity index (χ1n) is 7.70. The van der Waals surface area contributed by atoms with Gasteiger partial charge in [-0.25, -0.2) is 0 Å². The minimum absolute atomic E-state index is 0. The molecule has 1 aliphatic rings. The van der Waals surface area contributed by atoms with E-state index in [-0.39, 0.29) is 18.3 Å². The summed E-state index contributed by atoms with van der Waals surface area (Å²) in [7, 11) is 0. The molecule has 0 aromatic heterocycles. The number of aryl methyl sites for hydroxylation is 1. The fraction of sp³-hybridized carbons (Fsp3) is 0.588. The maximum Gasteiger partial charge on any atom is 0.223 e. The number of nitrogen functional groups attached to an aromatic ring is 1. The van der Waals surface area contributed by atoms with Crippen molar-refractivity contribution >= 4 is 24.0 Å². The average Bonchev–Trinajstić information content (AvgIpc) is 3.22. The van der Waals surface area contributed by atoms with Gasteiger partial charge in [-0.3, -0.25) is 4.79 Å². The third kappa shape index (κ3) is 5.58. The van der Waals surface area contributed by atoms with Crippen LogP contribution in [0.2, 0.25) is 0 Å². The van der Waals surface area contributed by atoms with Crippen LogP contribution in [0.3, 0.4) is 0 Å². The Bertz CT molecular complexity index is 458. The summed E-state index contributed by atoms with van der Waals surface area (Å²) in [6, 6.07) is 8.33. The van der Waals surface area contributed by atoms with E-state index >= 15 is 0 Å². The number of nitrogens with zero attached hydrogens (tertiary/aromatic N) is 1. The van der Waals surface area contributed by atoms with Gasteiger partial charge in [0.1, 0.15) is 0 Å². The summed E-state index contributed by atoms with van der Waals surface area (Å²) in [5, 5.41) is 0. The number of carbonyl (C=O) groups excluding carboxylic acids is 1. The number of amides is 1. The lowest BCUT2D eigenvalue weighted by Gasteiger charge is -2.23. The number of anilines is 1. The van der Waals surface area contributed by atoms with E-state index in [4.69, 9.17) is 5.73 Å². The zero-order valence-corrected chi connectivity index (χ0v) is 13.9. The number of benzene rings is 1. The fourth-order valence-electron chi connectivity index (χ4n) is 2.44. The van der Waals surface area contributed by atoms with Gasteiger partial charge < -0.3 is 10.6 Å². The second-order valence-electron chi connectivity index (χ2n) is 6.20. The molecule has 0 heterocycles. The van der Waals surface area contributed by atoms with Gasteiger partial charge in [0, 0.05) is 24.7 Å². The Morgan fingerprint density at radius 2 is 2.00 bits per heavy atom. The second kappa shape index (κ2) is 8.28. The van der Waals surface area contributed by atoms with E-state index in [9.17, 15) is 4.79 Å². The molecule has 0 bridgehead atoms. The summed E-state index contributed by atoms with van der Waals surface area (Å²) < 4.78 is 0. The number of carbonyl (C=O) groups is 1. The van der Waals surface area contributed by atoms with Crippen LogP contribution in [-0.4, -0.2) is 23.4 Å². The number of nitrogens with two attached hydrogens (primary N) is 1. The highest BCUT2D eigenvalue weighted by molar-refractivity contribution is 5.85. The molecule has 0 unspecified atom stereocenters. The molecule has 0 aliphatic heterocycles. The van der Waals surface area contributed by atoms with E-state index < -0.39 is 0 Å². The van der Waals surface area contributed by atoms with E-state index in [1.807, 2.05) is 24.3 Å². The van der Waals surface area contributed by atoms with Crippen molar-refractivity contribution in [1.82, 2.24) is 4.90 Å². The molecule has 1 amide bonds. The molecule has 1 aromatic rings. The van der Waals surface area contributed by atoms with Crippen molar-refractivity contribution < 1.29 is 4.79 Å². The Kier molecular flexibility index (Phi) is 7.03. The van der Waals surface area contributed by atoms with Gasteiger partial charge in [0.2, 0.25) is 5.91 Å². The van der Waals surface area contributed by atoms with Gasteiger partial charge in [0.25, 0.3) is 0 Å². The van der Waals surface area contributed by atoms with Crippen LogP contribution in [0.5, 0.6) is 0 Å². The van der Waals surface area contributed by atoms with E-state index in [2.05, 4.69) is 18.7 Å². The lowest BCUT2D eigenvalue weighted by Crippen LogP contribution is -2.34. The summed E-state index contributed by atoms with van der Waals surface area (Å²) in [5.41, 5.74) is 7.80. The first-order chi connectivity index (χ1) is 9.58. The molecule has 0 saturated heterocycles. The first-order valence-corrected chi connectivity index (χ1v) is 7.70. The normalized spacial score (nSPS) is 13.9. The Hall–Kier alpha value is -1.22. The first kappa shape index (κ1) is 17.8. The van der Waals surface area contributed by atoms with E-state index in [1.54, 1.807) is 0 Å². The number of rotatable bonds is 7. The van der Waals surface area contributed by atoms with Crippen molar-refractivity contribution in [1.29, 1.82) is 0 Å². The van der Waals surface area contributed by atoms with Crippen LogP contribution in [0.1, 0.15) is 45.1 Å². The predicted molar refractivity (Wildman–Crippen MR) is 90.6 cm³/mol. The average molecular weight is 311 g/mol. The predicted octanol–water partition coefficient (Wildman–Crippen LogP) is 3.66.